The Bertz CT molecular complexity index is 703. The van der Waals surface area contributed by atoms with E-state index >= 15 is 0 Å². The van der Waals surface area contributed by atoms with Gasteiger partial charge in [0.15, 0.2) is 0 Å². The van der Waals surface area contributed by atoms with Gasteiger partial charge in [-0.1, -0.05) is 47.0 Å². The molecule has 0 heterocycles. The summed E-state index contributed by atoms with van der Waals surface area (Å²) in [6, 6.07) is 0. The number of aliphatic hydroxyl groups is 3. The van der Waals surface area contributed by atoms with Crippen LogP contribution >= 0.6 is 0 Å². The molecule has 0 unspecified atom stereocenters. The third kappa shape index (κ3) is 5.67. The van der Waals surface area contributed by atoms with Crippen LogP contribution in [-0.2, 0) is 14.2 Å². The first-order valence-electron chi connectivity index (χ1n) is 15.5. The predicted octanol–water partition coefficient (Wildman–Crippen LogP) is 4.82. The number of ether oxygens (including phenoxy) is 3. The third-order valence-electron chi connectivity index (χ3n) is 11.7. The second kappa shape index (κ2) is 13.0. The molecule has 0 aromatic carbocycles. The van der Waals surface area contributed by atoms with Gasteiger partial charge in [-0.25, -0.2) is 0 Å². The van der Waals surface area contributed by atoms with Gasteiger partial charge in [-0.2, -0.15) is 0 Å². The average molecular weight is 525 g/mol. The number of aliphatic hydroxyl groups excluding tert-OH is 3. The minimum absolute atomic E-state index is 0.0684. The lowest BCUT2D eigenvalue weighted by Gasteiger charge is -2.64. The zero-order chi connectivity index (χ0) is 26.6. The van der Waals surface area contributed by atoms with Gasteiger partial charge in [-0.05, 0) is 85.9 Å². The molecule has 0 aromatic rings. The van der Waals surface area contributed by atoms with E-state index in [1.807, 2.05) is 0 Å². The molecule has 4 rings (SSSR count). The molecule has 4 saturated carbocycles. The van der Waals surface area contributed by atoms with Crippen molar-refractivity contribution in [2.45, 2.75) is 110 Å². The van der Waals surface area contributed by atoms with Crippen LogP contribution in [0.3, 0.4) is 0 Å². The molecule has 37 heavy (non-hydrogen) atoms. The number of unbranched alkanes of at least 4 members (excludes halogenated alkanes) is 1. The second-order valence-electron chi connectivity index (χ2n) is 13.3. The van der Waals surface area contributed by atoms with Crippen LogP contribution in [0.2, 0.25) is 0 Å². The fourth-order valence-electron chi connectivity index (χ4n) is 9.98. The van der Waals surface area contributed by atoms with Gasteiger partial charge in [-0.15, -0.1) is 0 Å². The molecule has 0 spiro atoms. The Morgan fingerprint density at radius 3 is 2.24 bits per heavy atom. The van der Waals surface area contributed by atoms with Crippen LogP contribution in [-0.4, -0.2) is 73.3 Å². The minimum Gasteiger partial charge on any atom is -0.394 e. The first-order valence-corrected chi connectivity index (χ1v) is 15.5. The molecule has 11 atom stereocenters. The van der Waals surface area contributed by atoms with Crippen molar-refractivity contribution in [3.63, 3.8) is 0 Å². The van der Waals surface area contributed by atoms with Crippen molar-refractivity contribution < 1.29 is 29.5 Å². The van der Waals surface area contributed by atoms with E-state index in [0.29, 0.717) is 55.3 Å². The highest BCUT2D eigenvalue weighted by molar-refractivity contribution is 5.15. The summed E-state index contributed by atoms with van der Waals surface area (Å²) in [5.74, 6) is 3.38. The highest BCUT2D eigenvalue weighted by Crippen LogP contribution is 2.69. The fraction of sp³-hybridized carbons (Fsp3) is 1.00. The lowest BCUT2D eigenvalue weighted by atomic mass is 9.43. The normalized spacial score (nSPS) is 44.2. The first kappa shape index (κ1) is 29.7. The molecule has 6 heteroatoms. The van der Waals surface area contributed by atoms with E-state index in [0.717, 1.165) is 32.1 Å². The molecule has 216 valence electrons. The molecule has 4 aliphatic rings. The van der Waals surface area contributed by atoms with Gasteiger partial charge in [-0.3, -0.25) is 0 Å². The largest absolute Gasteiger partial charge is 0.394 e. The van der Waals surface area contributed by atoms with Gasteiger partial charge in [0.05, 0.1) is 58.0 Å². The van der Waals surface area contributed by atoms with E-state index in [1.54, 1.807) is 0 Å². The number of fused-ring (bicyclic) bond motifs is 5. The van der Waals surface area contributed by atoms with Crippen LogP contribution in [0.25, 0.3) is 0 Å². The molecular weight excluding hydrogens is 468 g/mol. The van der Waals surface area contributed by atoms with Gasteiger partial charge in [0, 0.05) is 5.41 Å². The smallest absolute Gasteiger partial charge is 0.0701 e. The van der Waals surface area contributed by atoms with Gasteiger partial charge in [0.1, 0.15) is 0 Å². The third-order valence-corrected chi connectivity index (χ3v) is 11.7. The van der Waals surface area contributed by atoms with Gasteiger partial charge < -0.3 is 29.5 Å². The summed E-state index contributed by atoms with van der Waals surface area (Å²) in [6.45, 7) is 11.3. The predicted molar refractivity (Wildman–Crippen MR) is 145 cm³/mol. The zero-order valence-corrected chi connectivity index (χ0v) is 24.1. The van der Waals surface area contributed by atoms with Crippen molar-refractivity contribution in [3.8, 4) is 0 Å². The Morgan fingerprint density at radius 2 is 1.54 bits per heavy atom. The Balaban J connectivity index is 1.66. The molecular formula is C31H56O6. The van der Waals surface area contributed by atoms with Crippen LogP contribution in [0, 0.1) is 46.3 Å². The summed E-state index contributed by atoms with van der Waals surface area (Å²) in [5.41, 5.74) is 0.311. The van der Waals surface area contributed by atoms with Crippen LogP contribution in [0.4, 0.5) is 0 Å². The molecule has 4 fully saturated rings. The minimum atomic E-state index is 0.0684. The summed E-state index contributed by atoms with van der Waals surface area (Å²) in [6.07, 6.45) is 12.2. The molecule has 0 bridgehead atoms. The summed E-state index contributed by atoms with van der Waals surface area (Å²) < 4.78 is 19.2. The van der Waals surface area contributed by atoms with Crippen molar-refractivity contribution in [1.82, 2.24) is 0 Å². The van der Waals surface area contributed by atoms with E-state index < -0.39 is 0 Å². The van der Waals surface area contributed by atoms with Crippen molar-refractivity contribution in [3.05, 3.63) is 0 Å². The Kier molecular flexibility index (Phi) is 10.4. The summed E-state index contributed by atoms with van der Waals surface area (Å²) in [7, 11) is 0. The van der Waals surface area contributed by atoms with Crippen LogP contribution < -0.4 is 0 Å². The highest BCUT2D eigenvalue weighted by Gasteiger charge is 2.66. The quantitative estimate of drug-likeness (QED) is 0.320. The van der Waals surface area contributed by atoms with E-state index in [9.17, 15) is 15.3 Å². The Labute approximate surface area is 225 Å². The fourth-order valence-corrected chi connectivity index (χ4v) is 9.98. The highest BCUT2D eigenvalue weighted by atomic mass is 16.5. The van der Waals surface area contributed by atoms with Crippen molar-refractivity contribution in [2.24, 2.45) is 46.3 Å². The summed E-state index contributed by atoms with van der Waals surface area (Å²) in [5, 5.41) is 28.7. The maximum absolute atomic E-state index is 9.72. The molecule has 0 radical (unpaired) electrons. The molecule has 0 saturated heterocycles. The van der Waals surface area contributed by atoms with Crippen molar-refractivity contribution in [1.29, 1.82) is 0 Å². The maximum Gasteiger partial charge on any atom is 0.0701 e. The lowest BCUT2D eigenvalue weighted by Crippen LogP contribution is -2.63. The van der Waals surface area contributed by atoms with Crippen molar-refractivity contribution in [2.75, 3.05) is 39.6 Å². The average Bonchev–Trinajstić information content (AvgIpc) is 3.26. The maximum atomic E-state index is 9.72. The Morgan fingerprint density at radius 1 is 0.838 bits per heavy atom. The number of rotatable bonds is 13. The zero-order valence-electron chi connectivity index (χ0n) is 24.1. The first-order chi connectivity index (χ1) is 17.8. The molecule has 0 aliphatic heterocycles. The topological polar surface area (TPSA) is 88.4 Å². The van der Waals surface area contributed by atoms with Gasteiger partial charge in [0.2, 0.25) is 0 Å². The van der Waals surface area contributed by atoms with Crippen LogP contribution in [0.5, 0.6) is 0 Å². The summed E-state index contributed by atoms with van der Waals surface area (Å²) >= 11 is 0. The van der Waals surface area contributed by atoms with E-state index in [1.165, 1.54) is 32.1 Å². The van der Waals surface area contributed by atoms with Crippen molar-refractivity contribution >= 4 is 0 Å². The van der Waals surface area contributed by atoms with Gasteiger partial charge in [0.25, 0.3) is 0 Å². The molecule has 0 amide bonds. The van der Waals surface area contributed by atoms with E-state index in [4.69, 9.17) is 14.2 Å². The molecule has 3 N–H and O–H groups in total. The lowest BCUT2D eigenvalue weighted by molar-refractivity contribution is -0.229. The SMILES string of the molecule is CCCC[C@@H](C)[C@H]1CC[C@H]2[C@@H]3[C@H](OCCO)C[C@@H]4C[C@@H](OCCO)CC[C@]4(C)[C@H]3C[C@H](OCCO)[C@]12C. The number of hydrogen-bond acceptors (Lipinski definition) is 6. The van der Waals surface area contributed by atoms with E-state index in [2.05, 4.69) is 27.7 Å². The van der Waals surface area contributed by atoms with Crippen LogP contribution in [0.1, 0.15) is 91.9 Å². The van der Waals surface area contributed by atoms with E-state index in [-0.39, 0.29) is 49.0 Å². The Hall–Kier alpha value is -0.240. The second-order valence-corrected chi connectivity index (χ2v) is 13.3. The number of hydrogen-bond donors (Lipinski definition) is 3. The summed E-state index contributed by atoms with van der Waals surface area (Å²) in [4.78, 5) is 0. The standard InChI is InChI=1S/C31H56O6/c1-5-6-7-21(2)24-8-9-25-29-26(20-28(31(24,25)4)37-17-14-34)30(3)11-10-23(35-15-12-32)18-22(30)19-27(29)36-16-13-33/h21-29,32-34H,5-20H2,1-4H3/t21-,22+,23+,24-,25+,26+,27-,28+,29+,30+,31-/m1/s1. The molecule has 4 aliphatic carbocycles. The molecule has 6 nitrogen and oxygen atoms in total. The monoisotopic (exact) mass is 524 g/mol. The van der Waals surface area contributed by atoms with Crippen LogP contribution in [0.15, 0.2) is 0 Å². The molecule has 0 aromatic heterocycles. The van der Waals surface area contributed by atoms with Gasteiger partial charge >= 0.3 is 0 Å².